The summed E-state index contributed by atoms with van der Waals surface area (Å²) in [7, 11) is 0. The number of hydrogen-bond donors (Lipinski definition) is 1. The molecule has 1 aliphatic rings. The van der Waals surface area contributed by atoms with Crippen LogP contribution in [0.15, 0.2) is 11.4 Å². The molecule has 2 nitrogen and oxygen atoms in total. The first-order chi connectivity index (χ1) is 6.79. The predicted molar refractivity (Wildman–Crippen MR) is 57.9 cm³/mol. The smallest absolute Gasteiger partial charge is 0.107 e. The Bertz CT molecular complexity index is 294. The fourth-order valence-electron chi connectivity index (χ4n) is 1.73. The average Bonchev–Trinajstić information content (AvgIpc) is 2.65. The van der Waals surface area contributed by atoms with Crippen LogP contribution in [0.4, 0.5) is 0 Å². The Hall–Kier alpha value is -0.0900. The van der Waals surface area contributed by atoms with Crippen molar-refractivity contribution < 1.29 is 9.84 Å². The lowest BCUT2D eigenvalue weighted by atomic mass is 10.0. The van der Waals surface area contributed by atoms with Gasteiger partial charge in [0, 0.05) is 12.2 Å². The van der Waals surface area contributed by atoms with Crippen LogP contribution in [0, 0.1) is 0 Å². The maximum atomic E-state index is 10.0. The predicted octanol–water partition coefficient (Wildman–Crippen LogP) is 3.00. The van der Waals surface area contributed by atoms with Gasteiger partial charge in [0.25, 0.3) is 0 Å². The van der Waals surface area contributed by atoms with Crippen LogP contribution in [-0.4, -0.2) is 17.8 Å². The largest absolute Gasteiger partial charge is 0.386 e. The zero-order valence-electron chi connectivity index (χ0n) is 7.78. The molecule has 0 saturated carbocycles. The number of rotatable bonds is 2. The minimum absolute atomic E-state index is 0.0733. The Morgan fingerprint density at radius 1 is 1.57 bits per heavy atom. The Labute approximate surface area is 92.5 Å². The fourth-order valence-corrected chi connectivity index (χ4v) is 2.72. The number of thiophene rings is 1. The summed E-state index contributed by atoms with van der Waals surface area (Å²) in [6.45, 7) is 0.753. The third kappa shape index (κ3) is 2.11. The maximum absolute atomic E-state index is 10.0. The summed E-state index contributed by atoms with van der Waals surface area (Å²) in [5.74, 6) is 0. The quantitative estimate of drug-likeness (QED) is 0.850. The number of aliphatic hydroxyl groups excluding tert-OH is 1. The standard InChI is InChI=1S/C10H13ClO2S/c11-10-7(4-6-14-10)9(12)8-3-1-2-5-13-8/h4,6,8-9,12H,1-3,5H2. The molecule has 2 atom stereocenters. The van der Waals surface area contributed by atoms with E-state index >= 15 is 0 Å². The Morgan fingerprint density at radius 2 is 2.43 bits per heavy atom. The third-order valence-corrected chi connectivity index (χ3v) is 3.73. The highest BCUT2D eigenvalue weighted by atomic mass is 35.5. The van der Waals surface area contributed by atoms with Crippen LogP contribution >= 0.6 is 22.9 Å². The van der Waals surface area contributed by atoms with Gasteiger partial charge in [0.2, 0.25) is 0 Å². The molecule has 1 saturated heterocycles. The summed E-state index contributed by atoms with van der Waals surface area (Å²) in [6.07, 6.45) is 2.52. The Morgan fingerprint density at radius 3 is 3.00 bits per heavy atom. The van der Waals surface area contributed by atoms with Gasteiger partial charge in [0.15, 0.2) is 0 Å². The van der Waals surface area contributed by atoms with Crippen molar-refractivity contribution in [3.8, 4) is 0 Å². The van der Waals surface area contributed by atoms with Gasteiger partial charge in [-0.15, -0.1) is 11.3 Å². The second-order valence-corrected chi connectivity index (χ2v) is 5.02. The topological polar surface area (TPSA) is 29.5 Å². The summed E-state index contributed by atoms with van der Waals surface area (Å²) < 4.78 is 6.19. The van der Waals surface area contributed by atoms with Gasteiger partial charge in [-0.05, 0) is 30.7 Å². The summed E-state index contributed by atoms with van der Waals surface area (Å²) in [5.41, 5.74) is 0.809. The highest BCUT2D eigenvalue weighted by Gasteiger charge is 2.25. The molecule has 0 radical (unpaired) electrons. The van der Waals surface area contributed by atoms with Gasteiger partial charge >= 0.3 is 0 Å². The van der Waals surface area contributed by atoms with E-state index in [-0.39, 0.29) is 6.10 Å². The van der Waals surface area contributed by atoms with E-state index < -0.39 is 6.10 Å². The van der Waals surface area contributed by atoms with E-state index in [0.29, 0.717) is 4.34 Å². The molecule has 2 rings (SSSR count). The molecule has 0 aliphatic carbocycles. The SMILES string of the molecule is OC(c1ccsc1Cl)C1CCCCO1. The molecular formula is C10H13ClO2S. The molecule has 0 amide bonds. The first-order valence-electron chi connectivity index (χ1n) is 4.81. The number of halogens is 1. The van der Waals surface area contributed by atoms with Crippen LogP contribution in [0.3, 0.4) is 0 Å². The van der Waals surface area contributed by atoms with Gasteiger partial charge in [0.1, 0.15) is 6.10 Å². The van der Waals surface area contributed by atoms with Crippen molar-refractivity contribution in [2.45, 2.75) is 31.5 Å². The van der Waals surface area contributed by atoms with E-state index in [9.17, 15) is 5.11 Å². The molecule has 4 heteroatoms. The van der Waals surface area contributed by atoms with Crippen LogP contribution in [0.25, 0.3) is 0 Å². The van der Waals surface area contributed by atoms with E-state index in [1.807, 2.05) is 11.4 Å². The van der Waals surface area contributed by atoms with Crippen molar-refractivity contribution in [3.63, 3.8) is 0 Å². The van der Waals surface area contributed by atoms with Crippen molar-refractivity contribution in [3.05, 3.63) is 21.3 Å². The lowest BCUT2D eigenvalue weighted by Crippen LogP contribution is -2.26. The second-order valence-electron chi connectivity index (χ2n) is 3.50. The van der Waals surface area contributed by atoms with Crippen LogP contribution in [-0.2, 0) is 4.74 Å². The second kappa shape index (κ2) is 4.62. The van der Waals surface area contributed by atoms with E-state index in [1.165, 1.54) is 11.3 Å². The molecular weight excluding hydrogens is 220 g/mol. The summed E-state index contributed by atoms with van der Waals surface area (Å²) in [4.78, 5) is 0. The fraction of sp³-hybridized carbons (Fsp3) is 0.600. The zero-order valence-corrected chi connectivity index (χ0v) is 9.35. The van der Waals surface area contributed by atoms with Gasteiger partial charge in [-0.1, -0.05) is 11.6 Å². The summed E-state index contributed by atoms with van der Waals surface area (Å²) in [6, 6.07) is 1.87. The number of ether oxygens (including phenoxy) is 1. The van der Waals surface area contributed by atoms with Crippen molar-refractivity contribution in [1.82, 2.24) is 0 Å². The van der Waals surface area contributed by atoms with Gasteiger partial charge in [0.05, 0.1) is 10.4 Å². The molecule has 2 unspecified atom stereocenters. The molecule has 1 aromatic heterocycles. The molecule has 14 heavy (non-hydrogen) atoms. The van der Waals surface area contributed by atoms with Gasteiger partial charge in [-0.25, -0.2) is 0 Å². The molecule has 1 N–H and O–H groups in total. The molecule has 1 aliphatic heterocycles. The maximum Gasteiger partial charge on any atom is 0.107 e. The van der Waals surface area contributed by atoms with E-state index in [2.05, 4.69) is 0 Å². The first kappa shape index (κ1) is 10.4. The summed E-state index contributed by atoms with van der Waals surface area (Å²) in [5, 5.41) is 11.9. The molecule has 78 valence electrons. The number of hydrogen-bond acceptors (Lipinski definition) is 3. The number of aliphatic hydroxyl groups is 1. The molecule has 0 bridgehead atoms. The molecule has 2 heterocycles. The lowest BCUT2D eigenvalue weighted by molar-refractivity contribution is -0.0631. The monoisotopic (exact) mass is 232 g/mol. The minimum Gasteiger partial charge on any atom is -0.386 e. The lowest BCUT2D eigenvalue weighted by Gasteiger charge is -2.26. The zero-order chi connectivity index (χ0) is 9.97. The highest BCUT2D eigenvalue weighted by Crippen LogP contribution is 2.33. The molecule has 0 aromatic carbocycles. The molecule has 1 fully saturated rings. The van der Waals surface area contributed by atoms with Gasteiger partial charge in [-0.3, -0.25) is 0 Å². The molecule has 1 aromatic rings. The first-order valence-corrected chi connectivity index (χ1v) is 6.07. The van der Waals surface area contributed by atoms with Gasteiger partial charge < -0.3 is 9.84 Å². The highest BCUT2D eigenvalue weighted by molar-refractivity contribution is 7.14. The Kier molecular flexibility index (Phi) is 3.44. The van der Waals surface area contributed by atoms with Crippen LogP contribution in [0.5, 0.6) is 0 Å². The van der Waals surface area contributed by atoms with Crippen molar-refractivity contribution in [2.24, 2.45) is 0 Å². The van der Waals surface area contributed by atoms with Crippen LogP contribution in [0.2, 0.25) is 4.34 Å². The van der Waals surface area contributed by atoms with Crippen LogP contribution in [0.1, 0.15) is 30.9 Å². The van der Waals surface area contributed by atoms with E-state index in [4.69, 9.17) is 16.3 Å². The average molecular weight is 233 g/mol. The summed E-state index contributed by atoms with van der Waals surface area (Å²) >= 11 is 7.40. The van der Waals surface area contributed by atoms with Crippen molar-refractivity contribution in [2.75, 3.05) is 6.61 Å². The van der Waals surface area contributed by atoms with E-state index in [0.717, 1.165) is 31.4 Å². The minimum atomic E-state index is -0.561. The van der Waals surface area contributed by atoms with Crippen LogP contribution < -0.4 is 0 Å². The van der Waals surface area contributed by atoms with Crippen molar-refractivity contribution >= 4 is 22.9 Å². The van der Waals surface area contributed by atoms with Gasteiger partial charge in [-0.2, -0.15) is 0 Å². The third-order valence-electron chi connectivity index (χ3n) is 2.53. The van der Waals surface area contributed by atoms with E-state index in [1.54, 1.807) is 0 Å². The van der Waals surface area contributed by atoms with Crippen molar-refractivity contribution in [1.29, 1.82) is 0 Å². The Balaban J connectivity index is 2.07. The molecule has 0 spiro atoms. The normalized spacial score (nSPS) is 24.9.